The molecule has 0 heterocycles. The maximum absolute atomic E-state index is 13.7. The fourth-order valence-corrected chi connectivity index (χ4v) is 2.40. The Bertz CT molecular complexity index is 460. The van der Waals surface area contributed by atoms with Crippen LogP contribution < -0.4 is 11.5 Å². The van der Waals surface area contributed by atoms with Crippen molar-refractivity contribution in [3.05, 3.63) is 29.3 Å². The zero-order valence-corrected chi connectivity index (χ0v) is 9.25. The molecule has 3 nitrogen and oxygen atoms in total. The van der Waals surface area contributed by atoms with Crippen LogP contribution in [0.2, 0.25) is 0 Å². The van der Waals surface area contributed by atoms with Crippen molar-refractivity contribution in [1.82, 2.24) is 0 Å². The number of nitrogens with two attached hydrogens (primary N) is 2. The maximum atomic E-state index is 13.7. The summed E-state index contributed by atoms with van der Waals surface area (Å²) in [6, 6.07) is 4.38. The maximum Gasteiger partial charge on any atom is 0.254 e. The SMILES string of the molecule is NC(=O)c1cc(N)ccc1C1CCCC1(F)F. The first-order valence-corrected chi connectivity index (χ1v) is 5.49. The molecule has 4 N–H and O–H groups in total. The van der Waals surface area contributed by atoms with Crippen molar-refractivity contribution in [3.63, 3.8) is 0 Å². The fourth-order valence-electron chi connectivity index (χ4n) is 2.40. The molecule has 1 unspecified atom stereocenters. The lowest BCUT2D eigenvalue weighted by Crippen LogP contribution is -2.23. The van der Waals surface area contributed by atoms with Crippen molar-refractivity contribution >= 4 is 11.6 Å². The molecule has 0 aliphatic heterocycles. The van der Waals surface area contributed by atoms with Crippen LogP contribution in [-0.2, 0) is 0 Å². The summed E-state index contributed by atoms with van der Waals surface area (Å²) in [5.41, 5.74) is 11.5. The Hall–Kier alpha value is -1.65. The molecule has 1 saturated carbocycles. The van der Waals surface area contributed by atoms with Gasteiger partial charge in [-0.2, -0.15) is 0 Å². The Morgan fingerprint density at radius 2 is 2.12 bits per heavy atom. The van der Waals surface area contributed by atoms with Crippen LogP contribution in [0.3, 0.4) is 0 Å². The van der Waals surface area contributed by atoms with E-state index in [0.717, 1.165) is 0 Å². The van der Waals surface area contributed by atoms with E-state index in [2.05, 4.69) is 0 Å². The molecule has 1 aromatic rings. The number of anilines is 1. The van der Waals surface area contributed by atoms with Crippen LogP contribution in [0, 0.1) is 0 Å². The normalized spacial score (nSPS) is 22.6. The molecule has 1 atom stereocenters. The van der Waals surface area contributed by atoms with E-state index in [1.54, 1.807) is 0 Å². The lowest BCUT2D eigenvalue weighted by molar-refractivity contribution is -0.00907. The molecule has 0 saturated heterocycles. The van der Waals surface area contributed by atoms with Gasteiger partial charge in [0, 0.05) is 23.6 Å². The van der Waals surface area contributed by atoms with Gasteiger partial charge in [0.1, 0.15) is 0 Å². The van der Waals surface area contributed by atoms with Gasteiger partial charge in [-0.05, 0) is 30.5 Å². The van der Waals surface area contributed by atoms with Gasteiger partial charge in [-0.15, -0.1) is 0 Å². The third-order valence-electron chi connectivity index (χ3n) is 3.23. The highest BCUT2D eigenvalue weighted by atomic mass is 19.3. The lowest BCUT2D eigenvalue weighted by atomic mass is 9.90. The second kappa shape index (κ2) is 3.98. The summed E-state index contributed by atoms with van der Waals surface area (Å²) in [6.07, 6.45) is 0.692. The number of rotatable bonds is 2. The highest BCUT2D eigenvalue weighted by molar-refractivity contribution is 5.95. The van der Waals surface area contributed by atoms with Gasteiger partial charge in [-0.3, -0.25) is 4.79 Å². The molecule has 1 amide bonds. The van der Waals surface area contributed by atoms with Crippen LogP contribution >= 0.6 is 0 Å². The van der Waals surface area contributed by atoms with Crippen LogP contribution in [0.4, 0.5) is 14.5 Å². The zero-order chi connectivity index (χ0) is 12.6. The van der Waals surface area contributed by atoms with E-state index in [-0.39, 0.29) is 12.0 Å². The summed E-state index contributed by atoms with van der Waals surface area (Å²) in [5, 5.41) is 0. The minimum Gasteiger partial charge on any atom is -0.399 e. The standard InChI is InChI=1S/C12H14F2N2O/c13-12(14)5-1-2-10(12)8-4-3-7(15)6-9(8)11(16)17/h3-4,6,10H,1-2,5,15H2,(H2,16,17). The second-order valence-corrected chi connectivity index (χ2v) is 4.42. The minimum atomic E-state index is -2.76. The van der Waals surface area contributed by atoms with E-state index in [1.165, 1.54) is 18.2 Å². The summed E-state index contributed by atoms with van der Waals surface area (Å²) < 4.78 is 27.3. The molecular weight excluding hydrogens is 226 g/mol. The highest BCUT2D eigenvalue weighted by Gasteiger charge is 2.45. The summed E-state index contributed by atoms with van der Waals surface area (Å²) in [4.78, 5) is 11.3. The number of halogens is 2. The molecule has 92 valence electrons. The first kappa shape index (κ1) is 11.8. The molecule has 2 rings (SSSR count). The molecule has 0 radical (unpaired) electrons. The third kappa shape index (κ3) is 2.09. The Labute approximate surface area is 97.8 Å². The molecule has 1 aliphatic rings. The van der Waals surface area contributed by atoms with Gasteiger partial charge < -0.3 is 11.5 Å². The molecule has 1 aromatic carbocycles. The van der Waals surface area contributed by atoms with E-state index < -0.39 is 17.7 Å². The smallest absolute Gasteiger partial charge is 0.254 e. The average molecular weight is 240 g/mol. The van der Waals surface area contributed by atoms with Gasteiger partial charge in [0.25, 0.3) is 5.92 Å². The highest BCUT2D eigenvalue weighted by Crippen LogP contribution is 2.47. The van der Waals surface area contributed by atoms with Crippen LogP contribution in [0.25, 0.3) is 0 Å². The van der Waals surface area contributed by atoms with Crippen molar-refractivity contribution in [2.24, 2.45) is 5.73 Å². The monoisotopic (exact) mass is 240 g/mol. The number of hydrogen-bond donors (Lipinski definition) is 2. The van der Waals surface area contributed by atoms with Crippen LogP contribution in [-0.4, -0.2) is 11.8 Å². The number of alkyl halides is 2. The molecule has 1 aliphatic carbocycles. The van der Waals surface area contributed by atoms with E-state index in [0.29, 0.717) is 24.1 Å². The molecule has 5 heteroatoms. The quantitative estimate of drug-likeness (QED) is 0.778. The first-order chi connectivity index (χ1) is 7.92. The van der Waals surface area contributed by atoms with E-state index in [9.17, 15) is 13.6 Å². The number of nitrogen functional groups attached to an aromatic ring is 1. The lowest BCUT2D eigenvalue weighted by Gasteiger charge is -2.21. The molecular formula is C12H14F2N2O. The number of primary amides is 1. The van der Waals surface area contributed by atoms with Gasteiger partial charge in [-0.25, -0.2) is 8.78 Å². The second-order valence-electron chi connectivity index (χ2n) is 4.42. The predicted molar refractivity (Wildman–Crippen MR) is 60.9 cm³/mol. The Kier molecular flexibility index (Phi) is 2.77. The Morgan fingerprint density at radius 3 is 2.65 bits per heavy atom. The Morgan fingerprint density at radius 1 is 1.41 bits per heavy atom. The first-order valence-electron chi connectivity index (χ1n) is 5.49. The largest absolute Gasteiger partial charge is 0.399 e. The number of carbonyl (C=O) groups excluding carboxylic acids is 1. The average Bonchev–Trinajstić information content (AvgIpc) is 2.58. The Balaban J connectivity index is 2.48. The van der Waals surface area contributed by atoms with Crippen molar-refractivity contribution in [2.45, 2.75) is 31.1 Å². The number of amides is 1. The number of carbonyl (C=O) groups is 1. The molecule has 17 heavy (non-hydrogen) atoms. The van der Waals surface area contributed by atoms with Gasteiger partial charge in [-0.1, -0.05) is 6.07 Å². The molecule has 0 aromatic heterocycles. The summed E-state index contributed by atoms with van der Waals surface area (Å²) >= 11 is 0. The zero-order valence-electron chi connectivity index (χ0n) is 9.25. The summed E-state index contributed by atoms with van der Waals surface area (Å²) in [7, 11) is 0. The van der Waals surface area contributed by atoms with Crippen LogP contribution in [0.15, 0.2) is 18.2 Å². The van der Waals surface area contributed by atoms with E-state index >= 15 is 0 Å². The van der Waals surface area contributed by atoms with Crippen molar-refractivity contribution in [2.75, 3.05) is 5.73 Å². The fraction of sp³-hybridized carbons (Fsp3) is 0.417. The summed E-state index contributed by atoms with van der Waals surface area (Å²) in [5.74, 6) is -4.40. The molecule has 0 spiro atoms. The van der Waals surface area contributed by atoms with Gasteiger partial charge >= 0.3 is 0 Å². The topological polar surface area (TPSA) is 69.1 Å². The van der Waals surface area contributed by atoms with Crippen molar-refractivity contribution in [1.29, 1.82) is 0 Å². The number of hydrogen-bond acceptors (Lipinski definition) is 2. The third-order valence-corrected chi connectivity index (χ3v) is 3.23. The van der Waals surface area contributed by atoms with Crippen molar-refractivity contribution < 1.29 is 13.6 Å². The van der Waals surface area contributed by atoms with Crippen molar-refractivity contribution in [3.8, 4) is 0 Å². The number of benzene rings is 1. The van der Waals surface area contributed by atoms with Crippen LogP contribution in [0.1, 0.15) is 41.1 Å². The van der Waals surface area contributed by atoms with Gasteiger partial charge in [0.05, 0.1) is 0 Å². The predicted octanol–water partition coefficient (Wildman–Crippen LogP) is 2.27. The van der Waals surface area contributed by atoms with E-state index in [1.807, 2.05) is 0 Å². The van der Waals surface area contributed by atoms with Gasteiger partial charge in [0.2, 0.25) is 5.91 Å². The molecule has 1 fully saturated rings. The van der Waals surface area contributed by atoms with Gasteiger partial charge in [0.15, 0.2) is 0 Å². The molecule has 0 bridgehead atoms. The minimum absolute atomic E-state index is 0.108. The van der Waals surface area contributed by atoms with E-state index in [4.69, 9.17) is 11.5 Å². The summed E-state index contributed by atoms with van der Waals surface area (Å²) in [6.45, 7) is 0. The van der Waals surface area contributed by atoms with Crippen LogP contribution in [0.5, 0.6) is 0 Å².